The van der Waals surface area contributed by atoms with Gasteiger partial charge in [-0.25, -0.2) is 0 Å². The molecular formula is C16H27N. The van der Waals surface area contributed by atoms with Gasteiger partial charge in [0.1, 0.15) is 0 Å². The first-order valence-electron chi connectivity index (χ1n) is 6.54. The molecule has 0 fully saturated rings. The van der Waals surface area contributed by atoms with E-state index in [1.165, 1.54) is 5.56 Å². The molecule has 0 saturated heterocycles. The van der Waals surface area contributed by atoms with Crippen molar-refractivity contribution in [1.82, 2.24) is 0 Å². The second-order valence-corrected chi connectivity index (χ2v) is 6.74. The summed E-state index contributed by atoms with van der Waals surface area (Å²) in [5.74, 6) is 0.528. The summed E-state index contributed by atoms with van der Waals surface area (Å²) in [5, 5.41) is 0. The average Bonchev–Trinajstić information content (AvgIpc) is 2.16. The molecule has 17 heavy (non-hydrogen) atoms. The van der Waals surface area contributed by atoms with Crippen LogP contribution in [0.25, 0.3) is 0 Å². The van der Waals surface area contributed by atoms with Gasteiger partial charge in [-0.3, -0.25) is 0 Å². The molecule has 96 valence electrons. The van der Waals surface area contributed by atoms with E-state index in [9.17, 15) is 0 Å². The first-order chi connectivity index (χ1) is 7.79. The Kier molecular flexibility index (Phi) is 4.37. The van der Waals surface area contributed by atoms with Crippen molar-refractivity contribution in [3.8, 4) is 0 Å². The Labute approximate surface area is 106 Å². The minimum atomic E-state index is 0.231. The molecule has 0 saturated carbocycles. The van der Waals surface area contributed by atoms with Gasteiger partial charge in [0.05, 0.1) is 0 Å². The molecule has 0 heterocycles. The minimum Gasteiger partial charge on any atom is -0.330 e. The van der Waals surface area contributed by atoms with Crippen molar-refractivity contribution in [2.45, 2.75) is 47.0 Å². The van der Waals surface area contributed by atoms with Crippen molar-refractivity contribution >= 4 is 0 Å². The first-order valence-corrected chi connectivity index (χ1v) is 6.54. The van der Waals surface area contributed by atoms with Gasteiger partial charge in [0, 0.05) is 0 Å². The van der Waals surface area contributed by atoms with Crippen molar-refractivity contribution in [2.24, 2.45) is 16.6 Å². The van der Waals surface area contributed by atoms with Gasteiger partial charge in [0.25, 0.3) is 0 Å². The van der Waals surface area contributed by atoms with Gasteiger partial charge in [-0.2, -0.15) is 0 Å². The summed E-state index contributed by atoms with van der Waals surface area (Å²) < 4.78 is 0. The van der Waals surface area contributed by atoms with Gasteiger partial charge in [-0.1, -0.05) is 65.0 Å². The molecule has 0 bridgehead atoms. The van der Waals surface area contributed by atoms with E-state index in [-0.39, 0.29) is 10.8 Å². The van der Waals surface area contributed by atoms with E-state index in [0.717, 1.165) is 13.0 Å². The zero-order valence-corrected chi connectivity index (χ0v) is 12.0. The number of hydrogen-bond donors (Lipinski definition) is 1. The average molecular weight is 233 g/mol. The highest BCUT2D eigenvalue weighted by Crippen LogP contribution is 2.48. The van der Waals surface area contributed by atoms with Crippen LogP contribution in [0.15, 0.2) is 30.3 Å². The zero-order valence-electron chi connectivity index (χ0n) is 12.0. The molecule has 1 atom stereocenters. The van der Waals surface area contributed by atoms with E-state index in [1.807, 2.05) is 0 Å². The van der Waals surface area contributed by atoms with Gasteiger partial charge in [-0.05, 0) is 35.3 Å². The van der Waals surface area contributed by atoms with Crippen molar-refractivity contribution < 1.29 is 0 Å². The largest absolute Gasteiger partial charge is 0.330 e. The van der Waals surface area contributed by atoms with Crippen molar-refractivity contribution in [3.63, 3.8) is 0 Å². The smallest absolute Gasteiger partial charge is 0.00615 e. The number of benzene rings is 1. The van der Waals surface area contributed by atoms with E-state index >= 15 is 0 Å². The fraction of sp³-hybridized carbons (Fsp3) is 0.625. The molecule has 0 aliphatic carbocycles. The maximum Gasteiger partial charge on any atom is -0.00615 e. The molecule has 0 aliphatic rings. The van der Waals surface area contributed by atoms with Crippen LogP contribution in [0, 0.1) is 10.8 Å². The molecule has 2 N–H and O–H groups in total. The molecule has 1 unspecified atom stereocenters. The lowest BCUT2D eigenvalue weighted by molar-refractivity contribution is 0.149. The minimum absolute atomic E-state index is 0.231. The fourth-order valence-corrected chi connectivity index (χ4v) is 3.29. The van der Waals surface area contributed by atoms with Crippen molar-refractivity contribution in [1.29, 1.82) is 0 Å². The first kappa shape index (κ1) is 14.2. The predicted molar refractivity (Wildman–Crippen MR) is 76.1 cm³/mol. The maximum absolute atomic E-state index is 5.77. The lowest BCUT2D eigenvalue weighted by atomic mass is 9.61. The van der Waals surface area contributed by atoms with Crippen LogP contribution in [0.2, 0.25) is 0 Å². The Morgan fingerprint density at radius 3 is 1.94 bits per heavy atom. The van der Waals surface area contributed by atoms with Crippen LogP contribution in [0.4, 0.5) is 0 Å². The van der Waals surface area contributed by atoms with E-state index in [4.69, 9.17) is 5.73 Å². The lowest BCUT2D eigenvalue weighted by Crippen LogP contribution is -2.34. The molecule has 1 rings (SSSR count). The normalized spacial score (nSPS) is 14.7. The Morgan fingerprint density at radius 2 is 1.53 bits per heavy atom. The standard InChI is InChI=1S/C16H27N/c1-15(2,3)14(16(4,5)11-12-17)13-9-7-6-8-10-13/h6-10,14H,11-12,17H2,1-5H3. The summed E-state index contributed by atoms with van der Waals surface area (Å²) in [7, 11) is 0. The van der Waals surface area contributed by atoms with Gasteiger partial charge in [-0.15, -0.1) is 0 Å². The Bertz CT molecular complexity index is 332. The number of nitrogens with two attached hydrogens (primary N) is 1. The third-order valence-corrected chi connectivity index (χ3v) is 3.57. The third kappa shape index (κ3) is 3.57. The summed E-state index contributed by atoms with van der Waals surface area (Å²) in [6, 6.07) is 10.8. The highest BCUT2D eigenvalue weighted by Gasteiger charge is 2.38. The number of hydrogen-bond acceptors (Lipinski definition) is 1. The molecule has 0 aliphatic heterocycles. The molecule has 0 spiro atoms. The monoisotopic (exact) mass is 233 g/mol. The maximum atomic E-state index is 5.77. The van der Waals surface area contributed by atoms with E-state index < -0.39 is 0 Å². The zero-order chi connectivity index (χ0) is 13.1. The van der Waals surface area contributed by atoms with Gasteiger partial charge >= 0.3 is 0 Å². The Morgan fingerprint density at radius 1 is 1.00 bits per heavy atom. The van der Waals surface area contributed by atoms with Gasteiger partial charge in [0.2, 0.25) is 0 Å². The van der Waals surface area contributed by atoms with Crippen LogP contribution in [0.5, 0.6) is 0 Å². The van der Waals surface area contributed by atoms with Crippen LogP contribution >= 0.6 is 0 Å². The molecular weight excluding hydrogens is 206 g/mol. The van der Waals surface area contributed by atoms with Crippen LogP contribution in [-0.4, -0.2) is 6.54 Å². The highest BCUT2D eigenvalue weighted by atomic mass is 14.5. The lowest BCUT2D eigenvalue weighted by Gasteiger charge is -2.43. The predicted octanol–water partition coefficient (Wildman–Crippen LogP) is 4.19. The van der Waals surface area contributed by atoms with Gasteiger partial charge < -0.3 is 5.73 Å². The number of rotatable bonds is 4. The molecule has 1 nitrogen and oxygen atoms in total. The van der Waals surface area contributed by atoms with Crippen LogP contribution in [-0.2, 0) is 0 Å². The molecule has 0 radical (unpaired) electrons. The van der Waals surface area contributed by atoms with Crippen LogP contribution in [0.3, 0.4) is 0 Å². The Balaban J connectivity index is 3.14. The van der Waals surface area contributed by atoms with Crippen LogP contribution in [0.1, 0.15) is 52.5 Å². The van der Waals surface area contributed by atoms with Crippen molar-refractivity contribution in [3.05, 3.63) is 35.9 Å². The summed E-state index contributed by atoms with van der Waals surface area (Å²) in [6.45, 7) is 12.4. The second kappa shape index (κ2) is 5.22. The van der Waals surface area contributed by atoms with Crippen LogP contribution < -0.4 is 5.73 Å². The molecule has 1 heteroatoms. The summed E-state index contributed by atoms with van der Waals surface area (Å²) >= 11 is 0. The molecule has 0 amide bonds. The summed E-state index contributed by atoms with van der Waals surface area (Å²) in [6.07, 6.45) is 1.06. The topological polar surface area (TPSA) is 26.0 Å². The fourth-order valence-electron chi connectivity index (χ4n) is 3.29. The second-order valence-electron chi connectivity index (χ2n) is 6.74. The quantitative estimate of drug-likeness (QED) is 0.829. The SMILES string of the molecule is CC(C)(C)C(c1ccccc1)C(C)(C)CCN. The molecule has 1 aromatic carbocycles. The van der Waals surface area contributed by atoms with E-state index in [0.29, 0.717) is 5.92 Å². The summed E-state index contributed by atoms with van der Waals surface area (Å²) in [5.41, 5.74) is 7.68. The van der Waals surface area contributed by atoms with Crippen molar-refractivity contribution in [2.75, 3.05) is 6.54 Å². The van der Waals surface area contributed by atoms with E-state index in [2.05, 4.69) is 65.0 Å². The molecule has 0 aromatic heterocycles. The van der Waals surface area contributed by atoms with Gasteiger partial charge in [0.15, 0.2) is 0 Å². The summed E-state index contributed by atoms with van der Waals surface area (Å²) in [4.78, 5) is 0. The van der Waals surface area contributed by atoms with E-state index in [1.54, 1.807) is 0 Å². The molecule has 1 aromatic rings. The third-order valence-electron chi connectivity index (χ3n) is 3.57. The highest BCUT2D eigenvalue weighted by molar-refractivity contribution is 5.24. The Hall–Kier alpha value is -0.820.